The van der Waals surface area contributed by atoms with Gasteiger partial charge >= 0.3 is 0 Å². The minimum Gasteiger partial charge on any atom is -0.292 e. The zero-order valence-electron chi connectivity index (χ0n) is 27.7. The molecule has 0 fully saturated rings. The Hall–Kier alpha value is -6.77. The molecule has 0 saturated carbocycles. The van der Waals surface area contributed by atoms with Gasteiger partial charge in [0.2, 0.25) is 0 Å². The van der Waals surface area contributed by atoms with Gasteiger partial charge in [-0.3, -0.25) is 4.40 Å². The van der Waals surface area contributed by atoms with Crippen LogP contribution in [0, 0.1) is 0 Å². The smallest absolute Gasteiger partial charge is 0.146 e. The Morgan fingerprint density at radius 2 is 0.843 bits per heavy atom. The van der Waals surface area contributed by atoms with E-state index in [1.165, 1.54) is 82.0 Å². The lowest BCUT2D eigenvalue weighted by Gasteiger charge is -2.18. The van der Waals surface area contributed by atoms with E-state index in [0.29, 0.717) is 0 Å². The summed E-state index contributed by atoms with van der Waals surface area (Å²) in [5.74, 6) is 0. The molecule has 0 saturated heterocycles. The van der Waals surface area contributed by atoms with Crippen molar-refractivity contribution in [1.82, 2.24) is 9.38 Å². The molecule has 0 unspecified atom stereocenters. The molecule has 0 amide bonds. The summed E-state index contributed by atoms with van der Waals surface area (Å²) in [6.45, 7) is 0. The van der Waals surface area contributed by atoms with Crippen molar-refractivity contribution >= 4 is 70.7 Å². The Kier molecular flexibility index (Phi) is 5.99. The Bertz CT molecular complexity index is 3130. The maximum absolute atomic E-state index is 5.15. The molecule has 11 rings (SSSR count). The number of nitrogens with zero attached hydrogens (tertiary/aromatic N) is 2. The first-order valence-corrected chi connectivity index (χ1v) is 17.6. The Morgan fingerprint density at radius 1 is 0.314 bits per heavy atom. The van der Waals surface area contributed by atoms with E-state index in [4.69, 9.17) is 4.98 Å². The normalized spacial score (nSPS) is 11.9. The number of benzene rings is 9. The van der Waals surface area contributed by atoms with Gasteiger partial charge in [0, 0.05) is 10.8 Å². The van der Waals surface area contributed by atoms with E-state index in [0.717, 1.165) is 22.1 Å². The first-order valence-electron chi connectivity index (χ1n) is 17.6. The van der Waals surface area contributed by atoms with E-state index in [1.807, 2.05) is 0 Å². The van der Waals surface area contributed by atoms with E-state index >= 15 is 0 Å². The predicted octanol–water partition coefficient (Wildman–Crippen LogP) is 13.3. The summed E-state index contributed by atoms with van der Waals surface area (Å²) in [6, 6.07) is 66.3. The third-order valence-electron chi connectivity index (χ3n) is 10.7. The average molecular weight is 647 g/mol. The molecule has 11 aromatic rings. The van der Waals surface area contributed by atoms with Crippen molar-refractivity contribution in [1.29, 1.82) is 0 Å². The number of para-hydroxylation sites is 3. The lowest BCUT2D eigenvalue weighted by Crippen LogP contribution is -1.92. The summed E-state index contributed by atoms with van der Waals surface area (Å²) in [5.41, 5.74) is 11.7. The quantitative estimate of drug-likeness (QED) is 0.138. The first kappa shape index (κ1) is 28.1. The fourth-order valence-corrected chi connectivity index (χ4v) is 8.42. The molecule has 0 spiro atoms. The van der Waals surface area contributed by atoms with Crippen molar-refractivity contribution in [3.05, 3.63) is 182 Å². The Balaban J connectivity index is 1.09. The maximum atomic E-state index is 5.15. The molecular weight excluding hydrogens is 617 g/mol. The average Bonchev–Trinajstić information content (AvgIpc) is 3.60. The highest BCUT2D eigenvalue weighted by molar-refractivity contribution is 6.22. The molecule has 0 atom stereocenters. The zero-order chi connectivity index (χ0) is 33.5. The summed E-state index contributed by atoms with van der Waals surface area (Å²) in [7, 11) is 0. The Labute approximate surface area is 294 Å². The highest BCUT2D eigenvalue weighted by Crippen LogP contribution is 2.44. The third kappa shape index (κ3) is 4.20. The van der Waals surface area contributed by atoms with Crippen LogP contribution in [0.4, 0.5) is 0 Å². The van der Waals surface area contributed by atoms with Gasteiger partial charge in [-0.1, -0.05) is 152 Å². The molecule has 0 aliphatic carbocycles. The predicted molar refractivity (Wildman–Crippen MR) is 217 cm³/mol. The molecular formula is C49H30N2. The molecule has 0 bridgehead atoms. The largest absolute Gasteiger partial charge is 0.292 e. The molecule has 51 heavy (non-hydrogen) atoms. The summed E-state index contributed by atoms with van der Waals surface area (Å²) in [4.78, 5) is 5.15. The summed E-state index contributed by atoms with van der Waals surface area (Å²) < 4.78 is 2.32. The van der Waals surface area contributed by atoms with Crippen LogP contribution in [-0.4, -0.2) is 9.38 Å². The van der Waals surface area contributed by atoms with Crippen molar-refractivity contribution in [2.45, 2.75) is 0 Å². The molecule has 0 aliphatic rings. The topological polar surface area (TPSA) is 17.3 Å². The van der Waals surface area contributed by atoms with Crippen LogP contribution in [0.25, 0.3) is 104 Å². The second-order valence-electron chi connectivity index (χ2n) is 13.5. The van der Waals surface area contributed by atoms with E-state index in [2.05, 4.69) is 186 Å². The lowest BCUT2D eigenvalue weighted by atomic mass is 9.85. The van der Waals surface area contributed by atoms with Crippen LogP contribution in [0.2, 0.25) is 0 Å². The Morgan fingerprint density at radius 3 is 1.57 bits per heavy atom. The fraction of sp³-hybridized carbons (Fsp3) is 0. The number of rotatable bonds is 3. The van der Waals surface area contributed by atoms with Crippen LogP contribution >= 0.6 is 0 Å². The molecule has 2 aromatic heterocycles. The highest BCUT2D eigenvalue weighted by atomic mass is 15.0. The van der Waals surface area contributed by atoms with Crippen LogP contribution in [0.3, 0.4) is 0 Å². The van der Waals surface area contributed by atoms with Gasteiger partial charge in [-0.05, 0) is 101 Å². The monoisotopic (exact) mass is 646 g/mol. The number of hydrogen-bond donors (Lipinski definition) is 0. The number of fused-ring (bicyclic) bond motifs is 11. The molecule has 0 aliphatic heterocycles. The van der Waals surface area contributed by atoms with Crippen molar-refractivity contribution in [2.24, 2.45) is 0 Å². The van der Waals surface area contributed by atoms with Gasteiger partial charge in [0.05, 0.1) is 16.6 Å². The highest BCUT2D eigenvalue weighted by Gasteiger charge is 2.18. The zero-order valence-corrected chi connectivity index (χ0v) is 27.7. The van der Waals surface area contributed by atoms with E-state index < -0.39 is 0 Å². The van der Waals surface area contributed by atoms with Crippen LogP contribution in [0.5, 0.6) is 0 Å². The lowest BCUT2D eigenvalue weighted by molar-refractivity contribution is 1.31. The maximum Gasteiger partial charge on any atom is 0.146 e. The third-order valence-corrected chi connectivity index (χ3v) is 10.7. The van der Waals surface area contributed by atoms with Gasteiger partial charge in [0.25, 0.3) is 0 Å². The molecule has 0 N–H and O–H groups in total. The standard InChI is InChI=1S/C49H30N2/c1-2-12-34-29-36(26-23-31(34)11-1)48-41-16-5-3-14-39(41)47(40-15-4-6-17-42(40)48)33-24-21-32(22-25-33)35-27-28-37-38-13-7-9-19-45(38)51-46-20-10-8-18-44(46)50-49(51)43(37)30-35/h1-30H. The van der Waals surface area contributed by atoms with Crippen LogP contribution in [0.15, 0.2) is 182 Å². The van der Waals surface area contributed by atoms with Crippen LogP contribution in [-0.2, 0) is 0 Å². The molecule has 0 radical (unpaired) electrons. The number of pyridine rings is 1. The van der Waals surface area contributed by atoms with Crippen molar-refractivity contribution in [2.75, 3.05) is 0 Å². The SMILES string of the molecule is c1ccc2cc(-c3c4ccccc4c(-c4ccc(-c5ccc6c7ccccc7n7c8ccccc8nc7c6c5)cc4)c4ccccc34)ccc2c1. The molecule has 2 heterocycles. The summed E-state index contributed by atoms with van der Waals surface area (Å²) >= 11 is 0. The second-order valence-corrected chi connectivity index (χ2v) is 13.5. The number of imidazole rings is 1. The molecule has 2 heteroatoms. The second kappa shape index (κ2) is 10.9. The summed E-state index contributed by atoms with van der Waals surface area (Å²) in [5, 5.41) is 11.2. The van der Waals surface area contributed by atoms with Crippen LogP contribution in [0.1, 0.15) is 0 Å². The van der Waals surface area contributed by atoms with Crippen molar-refractivity contribution < 1.29 is 0 Å². The van der Waals surface area contributed by atoms with Crippen LogP contribution < -0.4 is 0 Å². The van der Waals surface area contributed by atoms with Gasteiger partial charge < -0.3 is 0 Å². The van der Waals surface area contributed by atoms with Crippen molar-refractivity contribution in [3.63, 3.8) is 0 Å². The summed E-state index contributed by atoms with van der Waals surface area (Å²) in [6.07, 6.45) is 0. The van der Waals surface area contributed by atoms with Gasteiger partial charge in [0.15, 0.2) is 0 Å². The fourth-order valence-electron chi connectivity index (χ4n) is 8.42. The number of aromatic nitrogens is 2. The number of hydrogen-bond acceptors (Lipinski definition) is 1. The van der Waals surface area contributed by atoms with Gasteiger partial charge in [-0.2, -0.15) is 0 Å². The van der Waals surface area contributed by atoms with Gasteiger partial charge in [0.1, 0.15) is 5.65 Å². The van der Waals surface area contributed by atoms with Gasteiger partial charge in [-0.25, -0.2) is 4.98 Å². The first-order chi connectivity index (χ1) is 25.3. The molecule has 9 aromatic carbocycles. The van der Waals surface area contributed by atoms with Gasteiger partial charge in [-0.15, -0.1) is 0 Å². The van der Waals surface area contributed by atoms with E-state index in [-0.39, 0.29) is 0 Å². The minimum absolute atomic E-state index is 0.993. The molecule has 236 valence electrons. The molecule has 2 nitrogen and oxygen atoms in total. The van der Waals surface area contributed by atoms with E-state index in [9.17, 15) is 0 Å². The van der Waals surface area contributed by atoms with E-state index in [1.54, 1.807) is 0 Å². The minimum atomic E-state index is 0.993. The van der Waals surface area contributed by atoms with Crippen molar-refractivity contribution in [3.8, 4) is 33.4 Å².